The van der Waals surface area contributed by atoms with Gasteiger partial charge in [0.25, 0.3) is 0 Å². The Morgan fingerprint density at radius 3 is 2.10 bits per heavy atom. The summed E-state index contributed by atoms with van der Waals surface area (Å²) < 4.78 is 3.77. The fraction of sp³-hybridized carbons (Fsp3) is 0.500. The van der Waals surface area contributed by atoms with Gasteiger partial charge in [0.15, 0.2) is 5.84 Å². The van der Waals surface area contributed by atoms with Gasteiger partial charge in [-0.05, 0) is 6.92 Å². The highest BCUT2D eigenvalue weighted by Gasteiger charge is 2.19. The third kappa shape index (κ3) is 2.95. The Bertz CT molecular complexity index is 583. The summed E-state index contributed by atoms with van der Waals surface area (Å²) in [7, 11) is 7.73. The minimum Gasteiger partial charge on any atom is -0.340 e. The van der Waals surface area contributed by atoms with Crippen LogP contribution in [0.3, 0.4) is 0 Å². The second-order valence-corrected chi connectivity index (χ2v) is 4.76. The molecule has 1 aliphatic rings. The molecule has 8 heteroatoms. The van der Waals surface area contributed by atoms with Gasteiger partial charge in [-0.15, -0.1) is 20.4 Å². The van der Waals surface area contributed by atoms with Crippen LogP contribution >= 0.6 is 0 Å². The van der Waals surface area contributed by atoms with E-state index in [0.717, 1.165) is 5.62 Å². The Hall–Kier alpha value is -2.38. The lowest BCUT2D eigenvalue weighted by atomic mass is 10.7. The first kappa shape index (κ1) is 14.0. The van der Waals surface area contributed by atoms with E-state index in [1.807, 2.05) is 71.9 Å². The molecule has 8 nitrogen and oxygen atoms in total. The first-order chi connectivity index (χ1) is 9.49. The molecular weight excluding hydrogens is 256 g/mol. The van der Waals surface area contributed by atoms with Crippen molar-refractivity contribution in [2.45, 2.75) is 13.2 Å². The van der Waals surface area contributed by atoms with Crippen LogP contribution < -0.4 is 5.62 Å². The van der Waals surface area contributed by atoms with Crippen LogP contribution in [0.4, 0.5) is 0 Å². The van der Waals surface area contributed by atoms with E-state index in [1.165, 1.54) is 0 Å². The molecule has 108 valence electrons. The highest BCUT2D eigenvalue weighted by Crippen LogP contribution is 2.12. The van der Waals surface area contributed by atoms with Gasteiger partial charge in [0.2, 0.25) is 11.9 Å². The van der Waals surface area contributed by atoms with Gasteiger partial charge in [-0.3, -0.25) is 0 Å². The van der Waals surface area contributed by atoms with Crippen molar-refractivity contribution >= 4 is 5.84 Å². The average Bonchev–Trinajstić information content (AvgIpc) is 2.89. The van der Waals surface area contributed by atoms with Gasteiger partial charge >= 0.3 is 0 Å². The molecule has 2 heterocycles. The molecule has 2 rings (SSSR count). The zero-order valence-electron chi connectivity index (χ0n) is 12.5. The molecule has 0 unspecified atom stereocenters. The third-order valence-corrected chi connectivity index (χ3v) is 3.00. The van der Waals surface area contributed by atoms with Gasteiger partial charge in [0.05, 0.1) is 0 Å². The maximum atomic E-state index is 4.24. The fourth-order valence-electron chi connectivity index (χ4n) is 1.81. The van der Waals surface area contributed by atoms with E-state index in [0.29, 0.717) is 5.84 Å². The van der Waals surface area contributed by atoms with E-state index < -0.39 is 0 Å². The number of hydrogen-bond donors (Lipinski definition) is 0. The highest BCUT2D eigenvalue weighted by molar-refractivity contribution is 5.79. The molecule has 20 heavy (non-hydrogen) atoms. The number of aryl methyl sites for hydroxylation is 2. The minimum atomic E-state index is -0.119. The minimum absolute atomic E-state index is 0.119. The quantitative estimate of drug-likeness (QED) is 0.345. The van der Waals surface area contributed by atoms with Crippen molar-refractivity contribution in [1.82, 2.24) is 18.9 Å². The van der Waals surface area contributed by atoms with Gasteiger partial charge < -0.3 is 18.9 Å². The number of amidine groups is 1. The maximum Gasteiger partial charge on any atom is 0.229 e. The van der Waals surface area contributed by atoms with E-state index in [4.69, 9.17) is 0 Å². The lowest BCUT2D eigenvalue weighted by molar-refractivity contribution is 0.207. The number of nitrogens with zero attached hydrogens (tertiary/aromatic N) is 8. The van der Waals surface area contributed by atoms with Gasteiger partial charge in [0, 0.05) is 53.0 Å². The topological polar surface area (TPSA) is 65.8 Å². The number of imidazole rings is 1. The standard InChI is InChI=1S/C12H20N8/c1-10(13-15-11-17(2)6-7-18(11)3)14-16-12-19(4)8-9-20(12)5/h6-9,11H,1-5H3/b14-10+,15-13?. The second kappa shape index (κ2) is 5.72. The summed E-state index contributed by atoms with van der Waals surface area (Å²) in [5.74, 6) is 0.514. The Morgan fingerprint density at radius 1 is 1.00 bits per heavy atom. The number of hydrogen-bond acceptors (Lipinski definition) is 5. The molecule has 1 aromatic rings. The predicted octanol–water partition coefficient (Wildman–Crippen LogP) is 0.682. The molecule has 0 amide bonds. The molecule has 0 saturated heterocycles. The normalized spacial score (nSPS) is 16.8. The van der Waals surface area contributed by atoms with Crippen LogP contribution in [0, 0.1) is 0 Å². The smallest absolute Gasteiger partial charge is 0.229 e. The summed E-state index contributed by atoms with van der Waals surface area (Å²) >= 11 is 0. The zero-order chi connectivity index (χ0) is 14.7. The van der Waals surface area contributed by atoms with Gasteiger partial charge in [-0.25, -0.2) is 0 Å². The SMILES string of the molecule is C/C(N=NC1N(C)C=CN1C)=N\N=c1n(C)ccn1C. The van der Waals surface area contributed by atoms with E-state index in [1.54, 1.807) is 6.92 Å². The van der Waals surface area contributed by atoms with Crippen molar-refractivity contribution in [1.29, 1.82) is 0 Å². The predicted molar refractivity (Wildman–Crippen MR) is 76.4 cm³/mol. The number of azo groups is 1. The monoisotopic (exact) mass is 276 g/mol. The Morgan fingerprint density at radius 2 is 1.55 bits per heavy atom. The molecule has 1 aliphatic heterocycles. The van der Waals surface area contributed by atoms with E-state index in [2.05, 4.69) is 20.4 Å². The molecule has 0 bridgehead atoms. The molecule has 0 aromatic carbocycles. The third-order valence-electron chi connectivity index (χ3n) is 3.00. The van der Waals surface area contributed by atoms with Gasteiger partial charge in [-0.2, -0.15) is 0 Å². The molecule has 0 atom stereocenters. The maximum absolute atomic E-state index is 4.24. The van der Waals surface area contributed by atoms with Crippen LogP contribution in [-0.4, -0.2) is 45.2 Å². The lowest BCUT2D eigenvalue weighted by Crippen LogP contribution is -2.31. The van der Waals surface area contributed by atoms with Crippen LogP contribution in [-0.2, 0) is 14.1 Å². The molecule has 0 fully saturated rings. The molecule has 0 N–H and O–H groups in total. The summed E-state index contributed by atoms with van der Waals surface area (Å²) in [6.45, 7) is 1.78. The largest absolute Gasteiger partial charge is 0.340 e. The summed E-state index contributed by atoms with van der Waals surface area (Å²) in [4.78, 5) is 3.93. The molecule has 0 spiro atoms. The summed E-state index contributed by atoms with van der Waals surface area (Å²) in [6, 6.07) is 0. The van der Waals surface area contributed by atoms with Crippen LogP contribution in [0.25, 0.3) is 0 Å². The average molecular weight is 276 g/mol. The van der Waals surface area contributed by atoms with Crippen molar-refractivity contribution in [3.8, 4) is 0 Å². The highest BCUT2D eigenvalue weighted by atomic mass is 15.5. The molecule has 0 saturated carbocycles. The summed E-state index contributed by atoms with van der Waals surface area (Å²) in [6.07, 6.45) is 7.61. The first-order valence-corrected chi connectivity index (χ1v) is 6.28. The van der Waals surface area contributed by atoms with Crippen molar-refractivity contribution in [3.63, 3.8) is 0 Å². The molecule has 1 aromatic heterocycles. The zero-order valence-corrected chi connectivity index (χ0v) is 12.5. The van der Waals surface area contributed by atoms with Crippen molar-refractivity contribution < 1.29 is 0 Å². The van der Waals surface area contributed by atoms with Crippen molar-refractivity contribution in [2.24, 2.45) is 34.5 Å². The summed E-state index contributed by atoms with van der Waals surface area (Å²) in [5.41, 5.74) is 0.747. The van der Waals surface area contributed by atoms with Crippen LogP contribution in [0.5, 0.6) is 0 Å². The molecular formula is C12H20N8. The Balaban J connectivity index is 2.11. The first-order valence-electron chi connectivity index (χ1n) is 6.28. The lowest BCUT2D eigenvalue weighted by Gasteiger charge is -2.21. The van der Waals surface area contributed by atoms with Gasteiger partial charge in [0.1, 0.15) is 0 Å². The van der Waals surface area contributed by atoms with Crippen LogP contribution in [0.2, 0.25) is 0 Å². The second-order valence-electron chi connectivity index (χ2n) is 4.76. The van der Waals surface area contributed by atoms with Crippen molar-refractivity contribution in [2.75, 3.05) is 14.1 Å². The number of rotatable bonds is 2. The van der Waals surface area contributed by atoms with E-state index in [9.17, 15) is 0 Å². The Kier molecular flexibility index (Phi) is 4.02. The summed E-state index contributed by atoms with van der Waals surface area (Å²) in [5, 5.41) is 16.6. The van der Waals surface area contributed by atoms with E-state index >= 15 is 0 Å². The van der Waals surface area contributed by atoms with Crippen LogP contribution in [0.15, 0.2) is 45.2 Å². The van der Waals surface area contributed by atoms with E-state index in [-0.39, 0.29) is 6.29 Å². The number of aromatic nitrogens is 2. The molecule has 0 aliphatic carbocycles. The molecule has 0 radical (unpaired) electrons. The van der Waals surface area contributed by atoms with Crippen molar-refractivity contribution in [3.05, 3.63) is 30.4 Å². The fourth-order valence-corrected chi connectivity index (χ4v) is 1.81. The van der Waals surface area contributed by atoms with Gasteiger partial charge in [-0.1, -0.05) is 0 Å². The Labute approximate surface area is 118 Å². The van der Waals surface area contributed by atoms with Crippen LogP contribution in [0.1, 0.15) is 6.92 Å².